The summed E-state index contributed by atoms with van der Waals surface area (Å²) in [6, 6.07) is 0. The Balaban J connectivity index is 0.00000300. The second-order valence-corrected chi connectivity index (χ2v) is 9.98. The van der Waals surface area contributed by atoms with Gasteiger partial charge in [0, 0.05) is 43.0 Å². The zero-order valence-electron chi connectivity index (χ0n) is 18.4. The van der Waals surface area contributed by atoms with Crippen molar-refractivity contribution in [3.8, 4) is 0 Å². The molecule has 0 bridgehead atoms. The van der Waals surface area contributed by atoms with Gasteiger partial charge in [-0.2, -0.15) is 0 Å². The second kappa shape index (κ2) is 11.2. The molecule has 8 heteroatoms. The molecule has 2 aliphatic rings. The van der Waals surface area contributed by atoms with E-state index in [1.165, 1.54) is 32.1 Å². The van der Waals surface area contributed by atoms with Gasteiger partial charge in [-0.3, -0.25) is 9.89 Å². The molecule has 0 aromatic carbocycles. The molecule has 0 spiro atoms. The minimum Gasteiger partial charge on any atom is -0.379 e. The number of nitrogens with zero attached hydrogens (tertiary/aromatic N) is 3. The summed E-state index contributed by atoms with van der Waals surface area (Å²) in [6.45, 7) is 12.1. The van der Waals surface area contributed by atoms with Crippen molar-refractivity contribution < 1.29 is 4.74 Å². The third-order valence-electron chi connectivity index (χ3n) is 6.00. The van der Waals surface area contributed by atoms with Crippen LogP contribution in [0.1, 0.15) is 63.6 Å². The average molecular weight is 536 g/mol. The first-order valence-corrected chi connectivity index (χ1v) is 11.5. The lowest BCUT2D eigenvalue weighted by atomic mass is 9.80. The van der Waals surface area contributed by atoms with E-state index in [4.69, 9.17) is 9.72 Å². The maximum absolute atomic E-state index is 5.59. The highest BCUT2D eigenvalue weighted by atomic mass is 127. The minimum atomic E-state index is 0. The minimum absolute atomic E-state index is 0. The molecule has 0 unspecified atom stereocenters. The van der Waals surface area contributed by atoms with Crippen LogP contribution in [0.15, 0.2) is 10.4 Å². The largest absolute Gasteiger partial charge is 0.379 e. The van der Waals surface area contributed by atoms with Gasteiger partial charge < -0.3 is 15.4 Å². The number of morpholine rings is 1. The third kappa shape index (κ3) is 6.77. The van der Waals surface area contributed by atoms with Gasteiger partial charge in [-0.25, -0.2) is 4.98 Å². The summed E-state index contributed by atoms with van der Waals surface area (Å²) in [5.74, 6) is 0.866. The molecule has 1 aromatic heterocycles. The molecule has 166 valence electrons. The van der Waals surface area contributed by atoms with Crippen LogP contribution in [-0.4, -0.2) is 61.3 Å². The quantitative estimate of drug-likeness (QED) is 0.342. The Hall–Kier alpha value is -0.450. The number of aliphatic imine (C=N–C) groups is 1. The lowest BCUT2D eigenvalue weighted by Gasteiger charge is -2.48. The van der Waals surface area contributed by atoms with Crippen LogP contribution in [0.4, 0.5) is 0 Å². The average Bonchev–Trinajstić information content (AvgIpc) is 3.19. The van der Waals surface area contributed by atoms with Gasteiger partial charge in [-0.15, -0.1) is 35.3 Å². The highest BCUT2D eigenvalue weighted by Gasteiger charge is 2.38. The molecule has 0 atom stereocenters. The number of guanidine groups is 1. The van der Waals surface area contributed by atoms with Crippen molar-refractivity contribution in [2.75, 3.05) is 39.9 Å². The first-order valence-electron chi connectivity index (χ1n) is 10.7. The van der Waals surface area contributed by atoms with E-state index in [-0.39, 0.29) is 34.9 Å². The summed E-state index contributed by atoms with van der Waals surface area (Å²) < 4.78 is 5.59. The Morgan fingerprint density at radius 2 is 1.90 bits per heavy atom. The van der Waals surface area contributed by atoms with Crippen LogP contribution in [0, 0.1) is 0 Å². The van der Waals surface area contributed by atoms with E-state index in [1.807, 2.05) is 7.05 Å². The topological polar surface area (TPSA) is 61.8 Å². The Bertz CT molecular complexity index is 646. The maximum atomic E-state index is 5.59. The fourth-order valence-electron chi connectivity index (χ4n) is 4.22. The van der Waals surface area contributed by atoms with Crippen LogP contribution < -0.4 is 10.6 Å². The van der Waals surface area contributed by atoms with Crippen molar-refractivity contribution in [3.05, 3.63) is 16.1 Å². The Labute approximate surface area is 197 Å². The van der Waals surface area contributed by atoms with Gasteiger partial charge >= 0.3 is 0 Å². The summed E-state index contributed by atoms with van der Waals surface area (Å²) in [5.41, 5.74) is 1.49. The molecular weight excluding hydrogens is 497 g/mol. The van der Waals surface area contributed by atoms with Gasteiger partial charge in [0.05, 0.1) is 25.5 Å². The number of halogens is 1. The fraction of sp³-hybridized carbons (Fsp3) is 0.810. The van der Waals surface area contributed by atoms with E-state index in [1.54, 1.807) is 11.3 Å². The molecule has 0 radical (unpaired) electrons. The summed E-state index contributed by atoms with van der Waals surface area (Å²) in [5, 5.41) is 10.3. The molecule has 0 amide bonds. The molecule has 1 saturated carbocycles. The molecule has 1 aliphatic carbocycles. The van der Waals surface area contributed by atoms with Crippen LogP contribution in [0.5, 0.6) is 0 Å². The van der Waals surface area contributed by atoms with Gasteiger partial charge in [-0.05, 0) is 12.8 Å². The molecule has 1 saturated heterocycles. The van der Waals surface area contributed by atoms with Crippen molar-refractivity contribution in [1.29, 1.82) is 0 Å². The van der Waals surface area contributed by atoms with E-state index in [2.05, 4.69) is 46.7 Å². The van der Waals surface area contributed by atoms with Crippen molar-refractivity contribution in [3.63, 3.8) is 0 Å². The highest BCUT2D eigenvalue weighted by Crippen LogP contribution is 2.33. The number of hydrogen-bond acceptors (Lipinski definition) is 5. The maximum Gasteiger partial charge on any atom is 0.191 e. The SMILES string of the molecule is CN=C(NCc1nc(C(C)(C)C)cs1)NCC1(N2CCOCC2)CCCCC1.I. The van der Waals surface area contributed by atoms with Gasteiger partial charge in [-0.1, -0.05) is 40.0 Å². The fourth-order valence-corrected chi connectivity index (χ4v) is 5.18. The van der Waals surface area contributed by atoms with E-state index in [0.717, 1.165) is 49.5 Å². The van der Waals surface area contributed by atoms with Crippen LogP contribution in [-0.2, 0) is 16.7 Å². The van der Waals surface area contributed by atoms with Gasteiger partial charge in [0.1, 0.15) is 5.01 Å². The number of nitrogens with one attached hydrogen (secondary N) is 2. The molecular formula is C21H38IN5OS. The van der Waals surface area contributed by atoms with Crippen molar-refractivity contribution in [1.82, 2.24) is 20.5 Å². The summed E-state index contributed by atoms with van der Waals surface area (Å²) in [6.07, 6.45) is 6.52. The third-order valence-corrected chi connectivity index (χ3v) is 6.85. The standard InChI is InChI=1S/C21H37N5OS.HI/c1-20(2,3)17-15-28-18(25-17)14-23-19(22-4)24-16-21(8-6-5-7-9-21)26-10-12-27-13-11-26;/h15H,5-14,16H2,1-4H3,(H2,22,23,24);1H. The van der Waals surface area contributed by atoms with Crippen molar-refractivity contribution in [2.24, 2.45) is 4.99 Å². The molecule has 29 heavy (non-hydrogen) atoms. The van der Waals surface area contributed by atoms with Gasteiger partial charge in [0.25, 0.3) is 0 Å². The van der Waals surface area contributed by atoms with E-state index in [9.17, 15) is 0 Å². The smallest absolute Gasteiger partial charge is 0.191 e. The van der Waals surface area contributed by atoms with Crippen molar-refractivity contribution in [2.45, 2.75) is 70.4 Å². The number of aromatic nitrogens is 1. The van der Waals surface area contributed by atoms with Crippen LogP contribution in [0.25, 0.3) is 0 Å². The second-order valence-electron chi connectivity index (χ2n) is 9.04. The molecule has 1 aromatic rings. The summed E-state index contributed by atoms with van der Waals surface area (Å²) in [7, 11) is 1.85. The molecule has 1 aliphatic heterocycles. The lowest BCUT2D eigenvalue weighted by Crippen LogP contribution is -2.60. The number of thiazole rings is 1. The molecule has 2 fully saturated rings. The first-order chi connectivity index (χ1) is 13.4. The van der Waals surface area contributed by atoms with E-state index < -0.39 is 0 Å². The zero-order chi connectivity index (χ0) is 20.0. The zero-order valence-corrected chi connectivity index (χ0v) is 21.6. The van der Waals surface area contributed by atoms with E-state index >= 15 is 0 Å². The van der Waals surface area contributed by atoms with Crippen LogP contribution in [0.2, 0.25) is 0 Å². The number of ether oxygens (including phenoxy) is 1. The molecule has 2 heterocycles. The Morgan fingerprint density at radius 1 is 1.21 bits per heavy atom. The van der Waals surface area contributed by atoms with Gasteiger partial charge in [0.15, 0.2) is 5.96 Å². The van der Waals surface area contributed by atoms with Crippen molar-refractivity contribution >= 4 is 41.3 Å². The molecule has 6 nitrogen and oxygen atoms in total. The number of hydrogen-bond donors (Lipinski definition) is 2. The monoisotopic (exact) mass is 535 g/mol. The predicted octanol–water partition coefficient (Wildman–Crippen LogP) is 3.76. The normalized spacial score (nSPS) is 20.8. The van der Waals surface area contributed by atoms with E-state index in [0.29, 0.717) is 6.54 Å². The predicted molar refractivity (Wildman–Crippen MR) is 133 cm³/mol. The first kappa shape index (κ1) is 24.8. The van der Waals surface area contributed by atoms with Crippen LogP contribution in [0.3, 0.4) is 0 Å². The Morgan fingerprint density at radius 3 is 2.48 bits per heavy atom. The van der Waals surface area contributed by atoms with Gasteiger partial charge in [0.2, 0.25) is 0 Å². The Kier molecular flexibility index (Phi) is 9.63. The summed E-state index contributed by atoms with van der Waals surface area (Å²) >= 11 is 1.72. The molecule has 2 N–H and O–H groups in total. The highest BCUT2D eigenvalue weighted by molar-refractivity contribution is 14.0. The lowest BCUT2D eigenvalue weighted by molar-refractivity contribution is -0.0352. The molecule has 3 rings (SSSR count). The number of rotatable bonds is 5. The van der Waals surface area contributed by atoms with Crippen LogP contribution >= 0.6 is 35.3 Å². The summed E-state index contributed by atoms with van der Waals surface area (Å²) in [4.78, 5) is 11.9.